The van der Waals surface area contributed by atoms with Gasteiger partial charge in [-0.2, -0.15) is 0 Å². The quantitative estimate of drug-likeness (QED) is 0.467. The van der Waals surface area contributed by atoms with E-state index in [1.807, 2.05) is 4.31 Å². The molecule has 8 nitrogen and oxygen atoms in total. The average molecular weight is 453 g/mol. The van der Waals surface area contributed by atoms with Crippen molar-refractivity contribution >= 4 is 22.3 Å². The summed E-state index contributed by atoms with van der Waals surface area (Å²) in [4.78, 5) is 15.9. The zero-order chi connectivity index (χ0) is 22.2. The summed E-state index contributed by atoms with van der Waals surface area (Å²) in [6.45, 7) is 1.37. The predicted molar refractivity (Wildman–Crippen MR) is 118 cm³/mol. The standard InChI is InChI=1S/C22H20FN5O3S/c1-31-17-8-9-27(12-17)32(30)18-5-3-16(4-6-18)28-13-21(25-26-28)19-11-14-10-15(23)2-7-20(14)24-22(19)29/h2-7,10-11,13,17H,8-9,12H2,1H3,(H,24,29)/t17-,32?/m0/s1. The van der Waals surface area contributed by atoms with Gasteiger partial charge in [0.25, 0.3) is 5.56 Å². The van der Waals surface area contributed by atoms with Crippen molar-refractivity contribution in [2.24, 2.45) is 0 Å². The molecule has 0 saturated carbocycles. The molecule has 3 heterocycles. The summed E-state index contributed by atoms with van der Waals surface area (Å²) >= 11 is -1.26. The zero-order valence-corrected chi connectivity index (χ0v) is 18.0. The number of rotatable bonds is 5. The minimum absolute atomic E-state index is 0.113. The number of pyridine rings is 1. The maximum absolute atomic E-state index is 13.6. The zero-order valence-electron chi connectivity index (χ0n) is 17.2. The highest BCUT2D eigenvalue weighted by atomic mass is 32.2. The van der Waals surface area contributed by atoms with Gasteiger partial charge in [-0.15, -0.1) is 9.40 Å². The highest BCUT2D eigenvalue weighted by Crippen LogP contribution is 2.24. The van der Waals surface area contributed by atoms with Gasteiger partial charge in [-0.1, -0.05) is 5.21 Å². The van der Waals surface area contributed by atoms with Crippen molar-refractivity contribution in [3.8, 4) is 16.9 Å². The lowest BCUT2D eigenvalue weighted by Crippen LogP contribution is -2.30. The van der Waals surface area contributed by atoms with Gasteiger partial charge in [0, 0.05) is 24.6 Å². The van der Waals surface area contributed by atoms with Gasteiger partial charge in [-0.05, 0) is 55.0 Å². The number of H-pyrrole nitrogens is 1. The van der Waals surface area contributed by atoms with Crippen LogP contribution in [0.25, 0.3) is 27.8 Å². The summed E-state index contributed by atoms with van der Waals surface area (Å²) in [7, 11) is 1.67. The van der Waals surface area contributed by atoms with E-state index in [1.165, 1.54) is 22.9 Å². The maximum atomic E-state index is 13.6. The Balaban J connectivity index is 1.39. The highest BCUT2D eigenvalue weighted by Gasteiger charge is 2.32. The molecule has 0 amide bonds. The minimum Gasteiger partial charge on any atom is -0.593 e. The first-order chi connectivity index (χ1) is 15.5. The summed E-state index contributed by atoms with van der Waals surface area (Å²) in [6.07, 6.45) is 2.61. The number of methoxy groups -OCH3 is 1. The van der Waals surface area contributed by atoms with Crippen LogP contribution >= 0.6 is 0 Å². The van der Waals surface area contributed by atoms with Gasteiger partial charge in [-0.3, -0.25) is 4.79 Å². The van der Waals surface area contributed by atoms with Gasteiger partial charge in [0.05, 0.1) is 41.5 Å². The van der Waals surface area contributed by atoms with Crippen LogP contribution in [0.1, 0.15) is 6.42 Å². The van der Waals surface area contributed by atoms with Crippen molar-refractivity contribution in [2.45, 2.75) is 17.4 Å². The lowest BCUT2D eigenvalue weighted by atomic mass is 10.1. The number of benzene rings is 2. The molecular formula is C22H20FN5O3S. The highest BCUT2D eigenvalue weighted by molar-refractivity contribution is 7.89. The molecule has 2 atom stereocenters. The topological polar surface area (TPSA) is 99.1 Å². The normalized spacial score (nSPS) is 17.8. The Morgan fingerprint density at radius 3 is 2.78 bits per heavy atom. The molecule has 1 aliphatic heterocycles. The molecule has 1 aliphatic rings. The number of hydrogen-bond donors (Lipinski definition) is 1. The van der Waals surface area contributed by atoms with E-state index in [4.69, 9.17) is 4.74 Å². The Hall–Kier alpha value is -3.05. The summed E-state index contributed by atoms with van der Waals surface area (Å²) in [5.74, 6) is -0.386. The Morgan fingerprint density at radius 1 is 1.22 bits per heavy atom. The third-order valence-electron chi connectivity index (χ3n) is 5.55. The number of aromatic amines is 1. The van der Waals surface area contributed by atoms with Crippen molar-refractivity contribution in [3.63, 3.8) is 0 Å². The molecule has 164 valence electrons. The number of fused-ring (bicyclic) bond motifs is 1. The third-order valence-corrected chi connectivity index (χ3v) is 7.03. The SMILES string of the molecule is CO[C@H]1CCN([S+]([O-])c2ccc(-n3cc(-c4cc5cc(F)ccc5[nH]c4=O)nn3)cc2)C1. The molecule has 0 aliphatic carbocycles. The van der Waals surface area contributed by atoms with Crippen LogP contribution < -0.4 is 5.56 Å². The number of ether oxygens (including phenoxy) is 1. The van der Waals surface area contributed by atoms with Crippen LogP contribution in [0.5, 0.6) is 0 Å². The van der Waals surface area contributed by atoms with Crippen LogP contribution in [-0.2, 0) is 16.1 Å². The second-order valence-corrected chi connectivity index (χ2v) is 9.06. The number of nitrogens with one attached hydrogen (secondary N) is 1. The lowest BCUT2D eigenvalue weighted by Gasteiger charge is -2.19. The number of nitrogens with zero attached hydrogens (tertiary/aromatic N) is 4. The number of aromatic nitrogens is 4. The first-order valence-corrected chi connectivity index (χ1v) is 11.2. The van der Waals surface area contributed by atoms with Crippen molar-refractivity contribution in [1.82, 2.24) is 24.3 Å². The van der Waals surface area contributed by atoms with Crippen molar-refractivity contribution in [1.29, 1.82) is 0 Å². The van der Waals surface area contributed by atoms with E-state index in [1.54, 1.807) is 43.6 Å². The van der Waals surface area contributed by atoms with E-state index >= 15 is 0 Å². The van der Waals surface area contributed by atoms with Gasteiger partial charge in [0.2, 0.25) is 0 Å². The molecule has 4 aromatic rings. The van der Waals surface area contributed by atoms with Gasteiger partial charge in [0.1, 0.15) is 11.5 Å². The molecule has 1 saturated heterocycles. The summed E-state index contributed by atoms with van der Waals surface area (Å²) in [6, 6.07) is 13.0. The molecule has 2 aromatic carbocycles. The van der Waals surface area contributed by atoms with E-state index in [9.17, 15) is 13.7 Å². The molecule has 0 radical (unpaired) electrons. The van der Waals surface area contributed by atoms with Gasteiger partial charge in [-0.25, -0.2) is 9.07 Å². The van der Waals surface area contributed by atoms with E-state index in [2.05, 4.69) is 15.3 Å². The van der Waals surface area contributed by atoms with Crippen LogP contribution in [0.3, 0.4) is 0 Å². The van der Waals surface area contributed by atoms with Crippen molar-refractivity contribution in [2.75, 3.05) is 20.2 Å². The van der Waals surface area contributed by atoms with Gasteiger partial charge >= 0.3 is 0 Å². The molecular weight excluding hydrogens is 433 g/mol. The molecule has 1 fully saturated rings. The fourth-order valence-electron chi connectivity index (χ4n) is 3.79. The van der Waals surface area contributed by atoms with Gasteiger partial charge in [0.15, 0.2) is 4.90 Å². The largest absolute Gasteiger partial charge is 0.593 e. The fraction of sp³-hybridized carbons (Fsp3) is 0.227. The van der Waals surface area contributed by atoms with Crippen LogP contribution in [0.15, 0.2) is 64.4 Å². The van der Waals surface area contributed by atoms with Crippen molar-refractivity contribution in [3.05, 3.63) is 70.9 Å². The Bertz CT molecular complexity index is 1320. The van der Waals surface area contributed by atoms with Crippen LogP contribution in [0, 0.1) is 5.82 Å². The molecule has 2 aromatic heterocycles. The third kappa shape index (κ3) is 3.93. The smallest absolute Gasteiger partial charge is 0.258 e. The summed E-state index contributed by atoms with van der Waals surface area (Å²) in [5.41, 5.74) is 1.60. The summed E-state index contributed by atoms with van der Waals surface area (Å²) < 4.78 is 35.1. The minimum atomic E-state index is -1.26. The molecule has 1 unspecified atom stereocenters. The van der Waals surface area contributed by atoms with E-state index in [0.29, 0.717) is 39.3 Å². The number of halogens is 1. The molecule has 1 N–H and O–H groups in total. The Kier molecular flexibility index (Phi) is 5.51. The first-order valence-electron chi connectivity index (χ1n) is 10.1. The maximum Gasteiger partial charge on any atom is 0.258 e. The fourth-order valence-corrected chi connectivity index (χ4v) is 5.03. The monoisotopic (exact) mass is 453 g/mol. The first kappa shape index (κ1) is 20.8. The predicted octanol–water partition coefficient (Wildman–Crippen LogP) is 2.66. The van der Waals surface area contributed by atoms with Crippen LogP contribution in [0.4, 0.5) is 4.39 Å². The Morgan fingerprint density at radius 2 is 2.03 bits per heavy atom. The lowest BCUT2D eigenvalue weighted by molar-refractivity contribution is 0.115. The van der Waals surface area contributed by atoms with Crippen LogP contribution in [0.2, 0.25) is 0 Å². The van der Waals surface area contributed by atoms with Gasteiger partial charge < -0.3 is 14.3 Å². The van der Waals surface area contributed by atoms with E-state index in [-0.39, 0.29) is 17.5 Å². The second-order valence-electron chi connectivity index (χ2n) is 7.57. The Labute approximate surface area is 185 Å². The van der Waals surface area contributed by atoms with Crippen molar-refractivity contribution < 1.29 is 13.7 Å². The summed E-state index contributed by atoms with van der Waals surface area (Å²) in [5, 5.41) is 8.79. The average Bonchev–Trinajstić information content (AvgIpc) is 3.48. The van der Waals surface area contributed by atoms with Crippen LogP contribution in [-0.4, -0.2) is 55.1 Å². The van der Waals surface area contributed by atoms with E-state index < -0.39 is 11.4 Å². The number of hydrogen-bond acceptors (Lipinski definition) is 6. The molecule has 0 bridgehead atoms. The second kappa shape index (κ2) is 8.47. The molecule has 0 spiro atoms. The van der Waals surface area contributed by atoms with E-state index in [0.717, 1.165) is 13.0 Å². The molecule has 10 heteroatoms. The molecule has 32 heavy (non-hydrogen) atoms. The molecule has 5 rings (SSSR count).